The van der Waals surface area contributed by atoms with Crippen LogP contribution in [0, 0.1) is 11.8 Å². The van der Waals surface area contributed by atoms with E-state index in [4.69, 9.17) is 10.5 Å². The summed E-state index contributed by atoms with van der Waals surface area (Å²) in [6.07, 6.45) is 7.34. The van der Waals surface area contributed by atoms with Crippen LogP contribution in [0.1, 0.15) is 37.8 Å². The van der Waals surface area contributed by atoms with Crippen LogP contribution in [0.25, 0.3) is 0 Å². The zero-order chi connectivity index (χ0) is 11.5. The smallest absolute Gasteiger partial charge is 0.137 e. The normalized spacial score (nSPS) is 26.7. The molecule has 16 heavy (non-hydrogen) atoms. The van der Waals surface area contributed by atoms with E-state index in [0.717, 1.165) is 17.2 Å². The van der Waals surface area contributed by atoms with E-state index in [1.165, 1.54) is 19.3 Å². The minimum Gasteiger partial charge on any atom is -0.495 e. The fraction of sp³-hybridized carbons (Fsp3) is 0.615. The molecule has 0 bridgehead atoms. The Kier molecular flexibility index (Phi) is 3.44. The average molecular weight is 220 g/mol. The summed E-state index contributed by atoms with van der Waals surface area (Å²) in [5, 5.41) is 0. The summed E-state index contributed by atoms with van der Waals surface area (Å²) < 4.78 is 5.17. The van der Waals surface area contributed by atoms with Crippen LogP contribution in [0.2, 0.25) is 0 Å². The lowest BCUT2D eigenvalue weighted by Gasteiger charge is -2.19. The molecule has 1 fully saturated rings. The van der Waals surface area contributed by atoms with E-state index in [2.05, 4.69) is 11.9 Å². The minimum atomic E-state index is 0.104. The van der Waals surface area contributed by atoms with Gasteiger partial charge in [0.15, 0.2) is 0 Å². The number of ether oxygens (including phenoxy) is 1. The van der Waals surface area contributed by atoms with Crippen LogP contribution < -0.4 is 10.5 Å². The molecular formula is C13H20N2O. The number of nitrogens with zero attached hydrogens (tertiary/aromatic N) is 1. The molecule has 1 saturated carbocycles. The van der Waals surface area contributed by atoms with Crippen LogP contribution in [-0.4, -0.2) is 12.1 Å². The first kappa shape index (κ1) is 11.4. The van der Waals surface area contributed by atoms with Crippen molar-refractivity contribution in [3.8, 4) is 5.75 Å². The molecule has 0 aromatic carbocycles. The van der Waals surface area contributed by atoms with E-state index in [0.29, 0.717) is 5.92 Å². The minimum absolute atomic E-state index is 0.104. The zero-order valence-corrected chi connectivity index (χ0v) is 10.0. The fourth-order valence-corrected chi connectivity index (χ4v) is 2.58. The van der Waals surface area contributed by atoms with Crippen molar-refractivity contribution in [2.45, 2.75) is 32.2 Å². The van der Waals surface area contributed by atoms with Gasteiger partial charge in [-0.2, -0.15) is 0 Å². The molecule has 3 unspecified atom stereocenters. The predicted molar refractivity (Wildman–Crippen MR) is 64.2 cm³/mol. The van der Waals surface area contributed by atoms with E-state index in [1.54, 1.807) is 13.3 Å². The van der Waals surface area contributed by atoms with E-state index in [9.17, 15) is 0 Å². The lowest BCUT2D eigenvalue weighted by Crippen LogP contribution is -2.19. The lowest BCUT2D eigenvalue weighted by atomic mass is 9.92. The van der Waals surface area contributed by atoms with Gasteiger partial charge in [-0.15, -0.1) is 0 Å². The van der Waals surface area contributed by atoms with E-state index in [1.807, 2.05) is 12.3 Å². The molecule has 0 amide bonds. The van der Waals surface area contributed by atoms with E-state index < -0.39 is 0 Å². The Bertz CT molecular complexity index is 354. The van der Waals surface area contributed by atoms with Gasteiger partial charge in [0.25, 0.3) is 0 Å². The molecule has 2 rings (SSSR count). The fourth-order valence-electron chi connectivity index (χ4n) is 2.58. The lowest BCUT2D eigenvalue weighted by molar-refractivity contribution is 0.404. The Hall–Kier alpha value is -1.09. The highest BCUT2D eigenvalue weighted by molar-refractivity contribution is 5.26. The highest BCUT2D eigenvalue weighted by atomic mass is 16.5. The maximum absolute atomic E-state index is 6.29. The highest BCUT2D eigenvalue weighted by Gasteiger charge is 2.27. The van der Waals surface area contributed by atoms with E-state index >= 15 is 0 Å². The van der Waals surface area contributed by atoms with Crippen molar-refractivity contribution in [2.75, 3.05) is 7.11 Å². The Morgan fingerprint density at radius 1 is 1.44 bits per heavy atom. The molecule has 0 spiro atoms. The topological polar surface area (TPSA) is 48.1 Å². The molecule has 3 nitrogen and oxygen atoms in total. The summed E-state index contributed by atoms with van der Waals surface area (Å²) in [7, 11) is 1.66. The zero-order valence-electron chi connectivity index (χ0n) is 10.0. The van der Waals surface area contributed by atoms with Crippen LogP contribution in [0.4, 0.5) is 0 Å². The number of methoxy groups -OCH3 is 1. The van der Waals surface area contributed by atoms with Crippen molar-refractivity contribution in [1.82, 2.24) is 4.98 Å². The van der Waals surface area contributed by atoms with Gasteiger partial charge in [-0.25, -0.2) is 0 Å². The van der Waals surface area contributed by atoms with Crippen LogP contribution in [0.15, 0.2) is 18.5 Å². The monoisotopic (exact) mass is 220 g/mol. The summed E-state index contributed by atoms with van der Waals surface area (Å²) >= 11 is 0. The number of hydrogen-bond acceptors (Lipinski definition) is 3. The maximum Gasteiger partial charge on any atom is 0.137 e. The third kappa shape index (κ3) is 2.35. The van der Waals surface area contributed by atoms with Gasteiger partial charge < -0.3 is 10.5 Å². The highest BCUT2D eigenvalue weighted by Crippen LogP contribution is 2.37. The predicted octanol–water partition coefficient (Wildman–Crippen LogP) is 2.53. The van der Waals surface area contributed by atoms with E-state index in [-0.39, 0.29) is 6.04 Å². The number of pyridine rings is 1. The molecule has 2 N–H and O–H groups in total. The van der Waals surface area contributed by atoms with Gasteiger partial charge in [0.05, 0.1) is 13.3 Å². The van der Waals surface area contributed by atoms with Gasteiger partial charge in [-0.3, -0.25) is 4.98 Å². The Balaban J connectivity index is 2.10. The number of aromatic nitrogens is 1. The van der Waals surface area contributed by atoms with Gasteiger partial charge in [0.2, 0.25) is 0 Å². The number of hydrogen-bond donors (Lipinski definition) is 1. The first-order chi connectivity index (χ1) is 7.70. The quantitative estimate of drug-likeness (QED) is 0.851. The standard InChI is InChI=1S/C13H20N2O/c1-9-3-4-10(5-9)13(14)11-6-12(16-2)8-15-7-11/h6-10,13H,3-5,14H2,1-2H3. The SMILES string of the molecule is COc1cncc(C(N)C2CCC(C)C2)c1. The van der Waals surface area contributed by atoms with Crippen molar-refractivity contribution in [2.24, 2.45) is 17.6 Å². The van der Waals surface area contributed by atoms with Crippen molar-refractivity contribution in [3.63, 3.8) is 0 Å². The molecular weight excluding hydrogens is 200 g/mol. The molecule has 1 aliphatic carbocycles. The molecule has 1 aromatic rings. The van der Waals surface area contributed by atoms with Gasteiger partial charge in [0, 0.05) is 12.2 Å². The van der Waals surface area contributed by atoms with Crippen LogP contribution in [0.5, 0.6) is 5.75 Å². The van der Waals surface area contributed by atoms with Crippen molar-refractivity contribution in [3.05, 3.63) is 24.0 Å². The first-order valence-corrected chi connectivity index (χ1v) is 5.95. The Labute approximate surface area is 97.0 Å². The molecule has 1 aromatic heterocycles. The second-order valence-corrected chi connectivity index (χ2v) is 4.86. The first-order valence-electron chi connectivity index (χ1n) is 5.95. The molecule has 3 atom stereocenters. The summed E-state index contributed by atoms with van der Waals surface area (Å²) in [5.41, 5.74) is 7.39. The van der Waals surface area contributed by atoms with Gasteiger partial charge in [-0.1, -0.05) is 13.3 Å². The Morgan fingerprint density at radius 2 is 2.25 bits per heavy atom. The molecule has 1 heterocycles. The van der Waals surface area contributed by atoms with Crippen molar-refractivity contribution >= 4 is 0 Å². The van der Waals surface area contributed by atoms with Gasteiger partial charge >= 0.3 is 0 Å². The molecule has 88 valence electrons. The van der Waals surface area contributed by atoms with Crippen LogP contribution in [-0.2, 0) is 0 Å². The maximum atomic E-state index is 6.29. The van der Waals surface area contributed by atoms with Crippen molar-refractivity contribution < 1.29 is 4.74 Å². The number of rotatable bonds is 3. The third-order valence-electron chi connectivity index (χ3n) is 3.60. The van der Waals surface area contributed by atoms with Gasteiger partial charge in [-0.05, 0) is 36.3 Å². The molecule has 0 radical (unpaired) electrons. The Morgan fingerprint density at radius 3 is 2.88 bits per heavy atom. The second kappa shape index (κ2) is 4.83. The summed E-state index contributed by atoms with van der Waals surface area (Å²) in [6.45, 7) is 2.30. The molecule has 3 heteroatoms. The van der Waals surface area contributed by atoms with Crippen LogP contribution in [0.3, 0.4) is 0 Å². The third-order valence-corrected chi connectivity index (χ3v) is 3.60. The van der Waals surface area contributed by atoms with Gasteiger partial charge in [0.1, 0.15) is 5.75 Å². The molecule has 0 saturated heterocycles. The van der Waals surface area contributed by atoms with Crippen LogP contribution >= 0.6 is 0 Å². The second-order valence-electron chi connectivity index (χ2n) is 4.86. The summed E-state index contributed by atoms with van der Waals surface area (Å²) in [4.78, 5) is 4.16. The average Bonchev–Trinajstić information content (AvgIpc) is 2.75. The summed E-state index contributed by atoms with van der Waals surface area (Å²) in [5.74, 6) is 2.21. The molecule has 1 aliphatic rings. The van der Waals surface area contributed by atoms with Crippen molar-refractivity contribution in [1.29, 1.82) is 0 Å². The number of nitrogens with two attached hydrogens (primary N) is 1. The largest absolute Gasteiger partial charge is 0.495 e. The summed E-state index contributed by atoms with van der Waals surface area (Å²) in [6, 6.07) is 2.10. The molecule has 0 aliphatic heterocycles.